The van der Waals surface area contributed by atoms with Gasteiger partial charge >= 0.3 is 5.97 Å². The van der Waals surface area contributed by atoms with Gasteiger partial charge < -0.3 is 15.0 Å². The summed E-state index contributed by atoms with van der Waals surface area (Å²) in [4.78, 5) is 14.2. The van der Waals surface area contributed by atoms with E-state index in [1.807, 2.05) is 0 Å². The van der Waals surface area contributed by atoms with Crippen molar-refractivity contribution < 1.29 is 9.53 Å². The van der Waals surface area contributed by atoms with E-state index in [4.69, 9.17) is 4.74 Å². The number of carbonyl (C=O) groups excluding carboxylic acids is 1. The van der Waals surface area contributed by atoms with E-state index in [0.29, 0.717) is 6.04 Å². The van der Waals surface area contributed by atoms with Crippen LogP contribution in [0.25, 0.3) is 0 Å². The van der Waals surface area contributed by atoms with E-state index < -0.39 is 0 Å². The molecule has 112 valence electrons. The van der Waals surface area contributed by atoms with E-state index in [2.05, 4.69) is 31.0 Å². The largest absolute Gasteiger partial charge is 0.468 e. The second-order valence-corrected chi connectivity index (χ2v) is 5.93. The fourth-order valence-electron chi connectivity index (χ4n) is 2.89. The number of nitrogens with one attached hydrogen (secondary N) is 1. The molecule has 1 heterocycles. The summed E-state index contributed by atoms with van der Waals surface area (Å²) in [5.41, 5.74) is 0. The third kappa shape index (κ3) is 5.91. The quantitative estimate of drug-likeness (QED) is 0.685. The Hall–Kier alpha value is -0.610. The van der Waals surface area contributed by atoms with Gasteiger partial charge in [0, 0.05) is 19.1 Å². The van der Waals surface area contributed by atoms with Gasteiger partial charge in [-0.25, -0.2) is 0 Å². The lowest BCUT2D eigenvalue weighted by atomic mass is 10.0. The van der Waals surface area contributed by atoms with Gasteiger partial charge in [0.1, 0.15) is 6.04 Å². The summed E-state index contributed by atoms with van der Waals surface area (Å²) in [5.74, 6) is 0.720. The molecule has 1 aliphatic rings. The number of esters is 1. The molecule has 1 N–H and O–H groups in total. The molecule has 0 aromatic rings. The van der Waals surface area contributed by atoms with Crippen LogP contribution in [-0.2, 0) is 9.53 Å². The Morgan fingerprint density at radius 1 is 1.47 bits per heavy atom. The maximum absolute atomic E-state index is 11.7. The molecule has 0 saturated carbocycles. The van der Waals surface area contributed by atoms with Crippen LogP contribution in [0.4, 0.5) is 0 Å². The molecule has 4 nitrogen and oxygen atoms in total. The third-order valence-corrected chi connectivity index (χ3v) is 3.82. The van der Waals surface area contributed by atoms with Crippen molar-refractivity contribution in [3.8, 4) is 0 Å². The van der Waals surface area contributed by atoms with Crippen molar-refractivity contribution in [3.63, 3.8) is 0 Å². The number of ether oxygens (including phenoxy) is 1. The van der Waals surface area contributed by atoms with Crippen molar-refractivity contribution in [3.05, 3.63) is 0 Å². The van der Waals surface area contributed by atoms with E-state index >= 15 is 0 Å². The number of hydrogen-bond acceptors (Lipinski definition) is 4. The first-order valence-corrected chi connectivity index (χ1v) is 7.63. The van der Waals surface area contributed by atoms with E-state index in [-0.39, 0.29) is 12.0 Å². The highest BCUT2D eigenvalue weighted by Crippen LogP contribution is 2.21. The fourth-order valence-corrected chi connectivity index (χ4v) is 2.89. The monoisotopic (exact) mass is 270 g/mol. The maximum Gasteiger partial charge on any atom is 0.322 e. The van der Waals surface area contributed by atoms with Crippen molar-refractivity contribution in [2.24, 2.45) is 5.92 Å². The number of rotatable bonds is 8. The molecule has 0 aromatic heterocycles. The van der Waals surface area contributed by atoms with Gasteiger partial charge in [0.2, 0.25) is 0 Å². The minimum Gasteiger partial charge on any atom is -0.468 e. The Labute approximate surface area is 117 Å². The maximum atomic E-state index is 11.7. The lowest BCUT2D eigenvalue weighted by molar-refractivity contribution is -0.143. The molecule has 19 heavy (non-hydrogen) atoms. The zero-order valence-electron chi connectivity index (χ0n) is 12.9. The van der Waals surface area contributed by atoms with Crippen LogP contribution in [0.15, 0.2) is 0 Å². The van der Waals surface area contributed by atoms with Gasteiger partial charge in [-0.1, -0.05) is 27.2 Å². The third-order valence-electron chi connectivity index (χ3n) is 3.82. The van der Waals surface area contributed by atoms with Gasteiger partial charge in [-0.2, -0.15) is 0 Å². The summed E-state index contributed by atoms with van der Waals surface area (Å²) in [7, 11) is 1.46. The minimum absolute atomic E-state index is 0.141. The zero-order valence-corrected chi connectivity index (χ0v) is 12.9. The van der Waals surface area contributed by atoms with Gasteiger partial charge in [0.15, 0.2) is 0 Å². The predicted octanol–water partition coefficient (Wildman–Crippen LogP) is 2.04. The standard InChI is InChI=1S/C15H30N2O2/c1-5-6-13-7-9-17(11-13)10-8-14(15(18)19-4)16-12(2)3/h12-14,16H,5-11H2,1-4H3. The Bertz CT molecular complexity index is 269. The van der Waals surface area contributed by atoms with Gasteiger partial charge in [0.25, 0.3) is 0 Å². The number of methoxy groups -OCH3 is 1. The van der Waals surface area contributed by atoms with Crippen LogP contribution < -0.4 is 5.32 Å². The predicted molar refractivity (Wildman–Crippen MR) is 78.1 cm³/mol. The highest BCUT2D eigenvalue weighted by Gasteiger charge is 2.25. The Morgan fingerprint density at radius 3 is 2.79 bits per heavy atom. The number of nitrogens with zero attached hydrogens (tertiary/aromatic N) is 1. The second-order valence-electron chi connectivity index (χ2n) is 5.93. The highest BCUT2D eigenvalue weighted by atomic mass is 16.5. The molecule has 1 saturated heterocycles. The zero-order chi connectivity index (χ0) is 14.3. The van der Waals surface area contributed by atoms with Crippen LogP contribution >= 0.6 is 0 Å². The molecule has 2 unspecified atom stereocenters. The first kappa shape index (κ1) is 16.4. The lowest BCUT2D eigenvalue weighted by Crippen LogP contribution is -2.43. The van der Waals surface area contributed by atoms with Gasteiger partial charge in [-0.05, 0) is 31.7 Å². The summed E-state index contributed by atoms with van der Waals surface area (Å²) in [6.45, 7) is 9.73. The molecule has 1 aliphatic heterocycles. The minimum atomic E-state index is -0.171. The van der Waals surface area contributed by atoms with Crippen LogP contribution in [0, 0.1) is 5.92 Å². The fraction of sp³-hybridized carbons (Fsp3) is 0.933. The van der Waals surface area contributed by atoms with Crippen molar-refractivity contribution in [1.29, 1.82) is 0 Å². The van der Waals surface area contributed by atoms with Gasteiger partial charge in [0.05, 0.1) is 7.11 Å². The molecule has 0 aromatic carbocycles. The number of carbonyl (C=O) groups is 1. The highest BCUT2D eigenvalue weighted by molar-refractivity contribution is 5.75. The first-order chi connectivity index (χ1) is 9.06. The topological polar surface area (TPSA) is 41.6 Å². The number of likely N-dealkylation sites (tertiary alicyclic amines) is 1. The molecular weight excluding hydrogens is 240 g/mol. The van der Waals surface area contributed by atoms with Gasteiger partial charge in [-0.3, -0.25) is 4.79 Å². The van der Waals surface area contributed by atoms with Crippen molar-refractivity contribution in [2.45, 2.75) is 58.5 Å². The molecule has 1 rings (SSSR count). The molecule has 0 spiro atoms. The van der Waals surface area contributed by atoms with E-state index in [1.165, 1.54) is 39.5 Å². The molecule has 1 fully saturated rings. The summed E-state index contributed by atoms with van der Waals surface area (Å²) >= 11 is 0. The normalized spacial score (nSPS) is 21.8. The van der Waals surface area contributed by atoms with Crippen LogP contribution in [0.1, 0.15) is 46.5 Å². The van der Waals surface area contributed by atoms with Gasteiger partial charge in [-0.15, -0.1) is 0 Å². The molecule has 2 atom stereocenters. The molecule has 4 heteroatoms. The average Bonchev–Trinajstić information content (AvgIpc) is 2.81. The van der Waals surface area contributed by atoms with Crippen molar-refractivity contribution in [1.82, 2.24) is 10.2 Å². The Balaban J connectivity index is 2.33. The second kappa shape index (κ2) is 8.54. The van der Waals surface area contributed by atoms with Crippen LogP contribution in [0.2, 0.25) is 0 Å². The molecular formula is C15H30N2O2. The van der Waals surface area contributed by atoms with E-state index in [1.54, 1.807) is 0 Å². The summed E-state index contributed by atoms with van der Waals surface area (Å²) in [5, 5.41) is 3.29. The Morgan fingerprint density at radius 2 is 2.21 bits per heavy atom. The summed E-state index contributed by atoms with van der Waals surface area (Å²) in [6, 6.07) is 0.130. The summed E-state index contributed by atoms with van der Waals surface area (Å²) in [6.07, 6.45) is 4.76. The molecule has 0 aliphatic carbocycles. The SMILES string of the molecule is CCCC1CCN(CCC(NC(C)C)C(=O)OC)C1. The smallest absolute Gasteiger partial charge is 0.322 e. The lowest BCUT2D eigenvalue weighted by Gasteiger charge is -2.22. The molecule has 0 bridgehead atoms. The average molecular weight is 270 g/mol. The van der Waals surface area contributed by atoms with Crippen LogP contribution in [-0.4, -0.2) is 49.7 Å². The van der Waals surface area contributed by atoms with Crippen molar-refractivity contribution in [2.75, 3.05) is 26.7 Å². The number of hydrogen-bond donors (Lipinski definition) is 1. The molecule has 0 radical (unpaired) electrons. The first-order valence-electron chi connectivity index (χ1n) is 7.63. The van der Waals surface area contributed by atoms with Crippen LogP contribution in [0.5, 0.6) is 0 Å². The Kier molecular flexibility index (Phi) is 7.39. The van der Waals surface area contributed by atoms with E-state index in [9.17, 15) is 4.79 Å². The summed E-state index contributed by atoms with van der Waals surface area (Å²) < 4.78 is 4.87. The van der Waals surface area contributed by atoms with Crippen molar-refractivity contribution >= 4 is 5.97 Å². The van der Waals surface area contributed by atoms with Crippen LogP contribution in [0.3, 0.4) is 0 Å². The molecule has 0 amide bonds. The van der Waals surface area contributed by atoms with E-state index in [0.717, 1.165) is 18.9 Å².